The van der Waals surface area contributed by atoms with Gasteiger partial charge in [0.15, 0.2) is 0 Å². The Kier molecular flexibility index (Phi) is 3.04. The number of amides is 2. The van der Waals surface area contributed by atoms with Crippen molar-refractivity contribution in [1.82, 2.24) is 0 Å². The molecular weight excluding hydrogens is 242 g/mol. The van der Waals surface area contributed by atoms with E-state index in [0.29, 0.717) is 22.8 Å². The van der Waals surface area contributed by atoms with E-state index in [2.05, 4.69) is 10.6 Å². The highest BCUT2D eigenvalue weighted by Crippen LogP contribution is 2.32. The Bertz CT molecular complexity index is 500. The van der Waals surface area contributed by atoms with Crippen molar-refractivity contribution in [3.05, 3.63) is 22.7 Å². The summed E-state index contributed by atoms with van der Waals surface area (Å²) in [6.45, 7) is 1.59. The second-order valence-corrected chi connectivity index (χ2v) is 4.40. The SMILES string of the molecule is C[C@@H](N)C(=O)Nc1cc2c(cc1Cl)NC(=O)C2. The predicted octanol–water partition coefficient (Wildman–Crippen LogP) is 1.12. The first-order valence-electron chi connectivity index (χ1n) is 5.16. The van der Waals surface area contributed by atoms with Crippen molar-refractivity contribution in [2.75, 3.05) is 10.6 Å². The highest BCUT2D eigenvalue weighted by atomic mass is 35.5. The Morgan fingerprint density at radius 3 is 2.94 bits per heavy atom. The van der Waals surface area contributed by atoms with Gasteiger partial charge in [0.1, 0.15) is 0 Å². The molecule has 1 heterocycles. The molecule has 2 rings (SSSR count). The summed E-state index contributed by atoms with van der Waals surface area (Å²) in [5, 5.41) is 5.67. The molecule has 5 nitrogen and oxygen atoms in total. The number of nitrogens with one attached hydrogen (secondary N) is 2. The quantitative estimate of drug-likeness (QED) is 0.738. The van der Waals surface area contributed by atoms with Gasteiger partial charge in [-0.1, -0.05) is 11.6 Å². The van der Waals surface area contributed by atoms with Crippen LogP contribution in [0.5, 0.6) is 0 Å². The Hall–Kier alpha value is -1.59. The number of carbonyl (C=O) groups is 2. The maximum atomic E-state index is 11.5. The highest BCUT2D eigenvalue weighted by Gasteiger charge is 2.20. The van der Waals surface area contributed by atoms with Gasteiger partial charge < -0.3 is 16.4 Å². The van der Waals surface area contributed by atoms with Crippen LogP contribution in [-0.4, -0.2) is 17.9 Å². The lowest BCUT2D eigenvalue weighted by atomic mass is 10.1. The number of hydrogen-bond donors (Lipinski definition) is 3. The third-order valence-electron chi connectivity index (χ3n) is 2.49. The number of rotatable bonds is 2. The van der Waals surface area contributed by atoms with E-state index in [1.807, 2.05) is 0 Å². The van der Waals surface area contributed by atoms with Crippen LogP contribution in [0.4, 0.5) is 11.4 Å². The topological polar surface area (TPSA) is 84.2 Å². The zero-order chi connectivity index (χ0) is 12.6. The molecular formula is C11H12ClN3O2. The molecule has 6 heteroatoms. The largest absolute Gasteiger partial charge is 0.325 e. The smallest absolute Gasteiger partial charge is 0.241 e. The molecule has 0 fully saturated rings. The lowest BCUT2D eigenvalue weighted by molar-refractivity contribution is -0.117. The van der Waals surface area contributed by atoms with Gasteiger partial charge in [-0.2, -0.15) is 0 Å². The van der Waals surface area contributed by atoms with E-state index in [1.165, 1.54) is 0 Å². The van der Waals surface area contributed by atoms with Gasteiger partial charge in [0.05, 0.1) is 23.2 Å². The van der Waals surface area contributed by atoms with Gasteiger partial charge in [-0.15, -0.1) is 0 Å². The van der Waals surface area contributed by atoms with E-state index in [4.69, 9.17) is 17.3 Å². The van der Waals surface area contributed by atoms with Crippen LogP contribution in [0.3, 0.4) is 0 Å². The predicted molar refractivity (Wildman–Crippen MR) is 66.1 cm³/mol. The van der Waals surface area contributed by atoms with E-state index < -0.39 is 6.04 Å². The molecule has 17 heavy (non-hydrogen) atoms. The fourth-order valence-corrected chi connectivity index (χ4v) is 1.80. The first kappa shape index (κ1) is 11.9. The number of fused-ring (bicyclic) bond motifs is 1. The maximum Gasteiger partial charge on any atom is 0.241 e. The summed E-state index contributed by atoms with van der Waals surface area (Å²) < 4.78 is 0. The molecule has 1 atom stereocenters. The molecule has 1 aliphatic heterocycles. The lowest BCUT2D eigenvalue weighted by Crippen LogP contribution is -2.32. The van der Waals surface area contributed by atoms with Gasteiger partial charge in [0, 0.05) is 5.69 Å². The molecule has 0 saturated carbocycles. The lowest BCUT2D eigenvalue weighted by Gasteiger charge is -2.11. The van der Waals surface area contributed by atoms with Crippen LogP contribution in [0.15, 0.2) is 12.1 Å². The molecule has 1 aromatic rings. The Labute approximate surface area is 103 Å². The summed E-state index contributed by atoms with van der Waals surface area (Å²) in [4.78, 5) is 22.6. The molecule has 1 aromatic carbocycles. The average molecular weight is 254 g/mol. The molecule has 0 unspecified atom stereocenters. The molecule has 0 radical (unpaired) electrons. The molecule has 0 bridgehead atoms. The first-order chi connectivity index (χ1) is 7.97. The third-order valence-corrected chi connectivity index (χ3v) is 2.80. The molecule has 90 valence electrons. The number of hydrogen-bond acceptors (Lipinski definition) is 3. The second kappa shape index (κ2) is 4.35. The summed E-state index contributed by atoms with van der Waals surface area (Å²) in [7, 11) is 0. The molecule has 2 amide bonds. The number of halogens is 1. The van der Waals surface area contributed by atoms with Gasteiger partial charge in [-0.3, -0.25) is 9.59 Å². The summed E-state index contributed by atoms with van der Waals surface area (Å²) in [6, 6.07) is 2.70. The minimum atomic E-state index is -0.612. The van der Waals surface area contributed by atoms with Gasteiger partial charge >= 0.3 is 0 Å². The van der Waals surface area contributed by atoms with Crippen molar-refractivity contribution >= 4 is 34.8 Å². The highest BCUT2D eigenvalue weighted by molar-refractivity contribution is 6.34. The minimum Gasteiger partial charge on any atom is -0.325 e. The van der Waals surface area contributed by atoms with Crippen LogP contribution in [0.1, 0.15) is 12.5 Å². The molecule has 1 aliphatic rings. The normalized spacial score (nSPS) is 15.1. The van der Waals surface area contributed by atoms with Crippen LogP contribution in [0, 0.1) is 0 Å². The first-order valence-corrected chi connectivity index (χ1v) is 5.54. The fourth-order valence-electron chi connectivity index (χ4n) is 1.59. The van der Waals surface area contributed by atoms with Gasteiger partial charge in [0.2, 0.25) is 11.8 Å². The molecule has 4 N–H and O–H groups in total. The van der Waals surface area contributed by atoms with E-state index in [1.54, 1.807) is 19.1 Å². The third kappa shape index (κ3) is 2.40. The van der Waals surface area contributed by atoms with Crippen molar-refractivity contribution in [3.63, 3.8) is 0 Å². The van der Waals surface area contributed by atoms with Crippen LogP contribution < -0.4 is 16.4 Å². The number of benzene rings is 1. The minimum absolute atomic E-state index is 0.0771. The van der Waals surface area contributed by atoms with Crippen LogP contribution in [0.2, 0.25) is 5.02 Å². The average Bonchev–Trinajstić information content (AvgIpc) is 2.57. The summed E-state index contributed by atoms with van der Waals surface area (Å²) in [5.41, 5.74) is 7.44. The van der Waals surface area contributed by atoms with Crippen molar-refractivity contribution in [2.24, 2.45) is 5.73 Å². The van der Waals surface area contributed by atoms with Gasteiger partial charge in [-0.05, 0) is 24.6 Å². The number of carbonyl (C=O) groups excluding carboxylic acids is 2. The van der Waals surface area contributed by atoms with Gasteiger partial charge in [-0.25, -0.2) is 0 Å². The number of nitrogens with two attached hydrogens (primary N) is 1. The van der Waals surface area contributed by atoms with E-state index in [0.717, 1.165) is 5.56 Å². The summed E-state index contributed by atoms with van der Waals surface area (Å²) >= 11 is 6.00. The standard InChI is InChI=1S/C11H12ClN3O2/c1-5(13)11(17)15-9-2-6-3-10(16)14-8(6)4-7(9)12/h2,4-5H,3,13H2,1H3,(H,14,16)(H,15,17)/t5-/m1/s1. The zero-order valence-electron chi connectivity index (χ0n) is 9.21. The molecule has 0 aromatic heterocycles. The van der Waals surface area contributed by atoms with Crippen LogP contribution in [-0.2, 0) is 16.0 Å². The van der Waals surface area contributed by atoms with Crippen molar-refractivity contribution in [1.29, 1.82) is 0 Å². The van der Waals surface area contributed by atoms with Crippen molar-refractivity contribution in [3.8, 4) is 0 Å². The van der Waals surface area contributed by atoms with Crippen LogP contribution >= 0.6 is 11.6 Å². The van der Waals surface area contributed by atoms with Crippen molar-refractivity contribution < 1.29 is 9.59 Å². The number of anilines is 2. The molecule has 0 aliphatic carbocycles. The van der Waals surface area contributed by atoms with E-state index >= 15 is 0 Å². The monoisotopic (exact) mass is 253 g/mol. The Morgan fingerprint density at radius 2 is 2.29 bits per heavy atom. The Morgan fingerprint density at radius 1 is 1.59 bits per heavy atom. The van der Waals surface area contributed by atoms with Gasteiger partial charge in [0.25, 0.3) is 0 Å². The fraction of sp³-hybridized carbons (Fsp3) is 0.273. The molecule has 0 saturated heterocycles. The molecule has 0 spiro atoms. The van der Waals surface area contributed by atoms with E-state index in [9.17, 15) is 9.59 Å². The zero-order valence-corrected chi connectivity index (χ0v) is 9.97. The second-order valence-electron chi connectivity index (χ2n) is 3.99. The Balaban J connectivity index is 2.28. The maximum absolute atomic E-state index is 11.5. The summed E-state index contributed by atoms with van der Waals surface area (Å²) in [6.07, 6.45) is 0.299. The van der Waals surface area contributed by atoms with Crippen LogP contribution in [0.25, 0.3) is 0 Å². The summed E-state index contributed by atoms with van der Waals surface area (Å²) in [5.74, 6) is -0.393. The van der Waals surface area contributed by atoms with E-state index in [-0.39, 0.29) is 11.8 Å². The van der Waals surface area contributed by atoms with Crippen molar-refractivity contribution in [2.45, 2.75) is 19.4 Å².